The van der Waals surface area contributed by atoms with Crippen molar-refractivity contribution in [2.75, 3.05) is 38.1 Å². The molecule has 2 aromatic rings. The van der Waals surface area contributed by atoms with E-state index in [0.717, 1.165) is 42.9 Å². The fraction of sp³-hybridized carbons (Fsp3) is 0.591. The Hall–Kier alpha value is -2.65. The molecule has 3 aliphatic heterocycles. The number of fused-ring (bicyclic) bond motifs is 3. The lowest BCUT2D eigenvalue weighted by Gasteiger charge is -2.35. The highest BCUT2D eigenvalue weighted by atomic mass is 16.2. The Morgan fingerprint density at radius 2 is 1.97 bits per heavy atom. The molecule has 0 spiro atoms. The number of carbonyl (C=O) groups is 2. The quantitative estimate of drug-likeness (QED) is 0.506. The van der Waals surface area contributed by atoms with Crippen molar-refractivity contribution in [1.82, 2.24) is 24.7 Å². The number of imide groups is 1. The molecule has 3 saturated heterocycles. The van der Waals surface area contributed by atoms with Gasteiger partial charge in [-0.2, -0.15) is 0 Å². The van der Waals surface area contributed by atoms with Crippen molar-refractivity contribution in [3.63, 3.8) is 0 Å². The lowest BCUT2D eigenvalue weighted by atomic mass is 10.1. The van der Waals surface area contributed by atoms with Crippen LogP contribution in [0, 0.1) is 0 Å². The number of nitrogens with one attached hydrogen (secondary N) is 2. The Labute approximate surface area is 181 Å². The van der Waals surface area contributed by atoms with Gasteiger partial charge >= 0.3 is 5.69 Å². The highest BCUT2D eigenvalue weighted by Gasteiger charge is 2.43. The number of hydrogen-bond acceptors (Lipinski definition) is 6. The molecule has 3 unspecified atom stereocenters. The number of nitrogens with zero attached hydrogens (tertiary/aromatic N) is 4. The Morgan fingerprint density at radius 3 is 2.68 bits per heavy atom. The van der Waals surface area contributed by atoms with E-state index in [1.807, 2.05) is 13.1 Å². The van der Waals surface area contributed by atoms with Crippen molar-refractivity contribution < 1.29 is 9.59 Å². The van der Waals surface area contributed by atoms with Crippen LogP contribution in [0.3, 0.4) is 0 Å². The highest BCUT2D eigenvalue weighted by molar-refractivity contribution is 6.00. The molecule has 4 heterocycles. The topological polar surface area (TPSA) is 91.6 Å². The number of likely N-dealkylation sites (tertiary alicyclic amines) is 1. The van der Waals surface area contributed by atoms with Crippen molar-refractivity contribution in [3.8, 4) is 0 Å². The molecular formula is C22H30N6O3. The van der Waals surface area contributed by atoms with Crippen LogP contribution < -0.4 is 21.2 Å². The first-order chi connectivity index (χ1) is 15.0. The van der Waals surface area contributed by atoms with Gasteiger partial charge in [-0.05, 0) is 57.6 Å². The molecule has 9 heteroatoms. The number of aryl methyl sites for hydroxylation is 1. The monoisotopic (exact) mass is 426 g/mol. The van der Waals surface area contributed by atoms with Crippen LogP contribution in [0.15, 0.2) is 23.0 Å². The van der Waals surface area contributed by atoms with Gasteiger partial charge in [-0.1, -0.05) is 0 Å². The number of amides is 2. The average Bonchev–Trinajstić information content (AvgIpc) is 3.41. The van der Waals surface area contributed by atoms with E-state index >= 15 is 0 Å². The minimum absolute atomic E-state index is 0.222. The van der Waals surface area contributed by atoms with Crippen LogP contribution in [0.5, 0.6) is 0 Å². The number of piperidine rings is 1. The lowest BCUT2D eigenvalue weighted by Crippen LogP contribution is -2.47. The van der Waals surface area contributed by atoms with Gasteiger partial charge in [0.2, 0.25) is 11.8 Å². The normalized spacial score (nSPS) is 26.3. The fourth-order valence-electron chi connectivity index (χ4n) is 5.56. The molecule has 0 saturated carbocycles. The number of carbonyl (C=O) groups excluding carboxylic acids is 2. The SMILES string of the molecule is CNCCCN1CC2CC1CN2c1ccc2c(c1)n(C)c(=O)n2C1CCC(=O)NC1=O. The first-order valence-corrected chi connectivity index (χ1v) is 11.2. The maximum absolute atomic E-state index is 13.0. The van der Waals surface area contributed by atoms with Crippen LogP contribution in [0.25, 0.3) is 11.0 Å². The molecule has 3 atom stereocenters. The molecule has 3 fully saturated rings. The van der Waals surface area contributed by atoms with Gasteiger partial charge < -0.3 is 10.2 Å². The number of imidazole rings is 1. The van der Waals surface area contributed by atoms with Crippen molar-refractivity contribution in [2.45, 2.75) is 43.8 Å². The van der Waals surface area contributed by atoms with Gasteiger partial charge in [-0.15, -0.1) is 0 Å². The standard InChI is InChI=1S/C22H30N6O3/c1-23-8-3-9-26-12-16-10-15(26)13-27(16)14-4-5-17-19(11-14)25(2)22(31)28(17)18-6-7-20(29)24-21(18)30/h4-5,11,15-16,18,23H,3,6-10,12-13H2,1-2H3,(H,24,29,30). The molecule has 0 radical (unpaired) electrons. The second-order valence-corrected chi connectivity index (χ2v) is 9.00. The predicted octanol–water partition coefficient (Wildman–Crippen LogP) is 0.190. The van der Waals surface area contributed by atoms with E-state index in [-0.39, 0.29) is 18.0 Å². The molecule has 3 aliphatic rings. The molecule has 31 heavy (non-hydrogen) atoms. The molecule has 166 valence electrons. The number of anilines is 1. The van der Waals surface area contributed by atoms with Gasteiger partial charge in [0.1, 0.15) is 6.04 Å². The zero-order chi connectivity index (χ0) is 21.7. The van der Waals surface area contributed by atoms with Crippen LogP contribution in [0.1, 0.15) is 31.7 Å². The smallest absolute Gasteiger partial charge is 0.329 e. The van der Waals surface area contributed by atoms with Gasteiger partial charge in [0.25, 0.3) is 0 Å². The van der Waals surface area contributed by atoms with Gasteiger partial charge in [0, 0.05) is 44.3 Å². The van der Waals surface area contributed by atoms with Gasteiger partial charge in [-0.3, -0.25) is 28.9 Å². The fourth-order valence-corrected chi connectivity index (χ4v) is 5.56. The second kappa shape index (κ2) is 7.80. The Morgan fingerprint density at radius 1 is 1.13 bits per heavy atom. The van der Waals surface area contributed by atoms with Crippen LogP contribution in [-0.2, 0) is 16.6 Å². The third kappa shape index (κ3) is 3.36. The van der Waals surface area contributed by atoms with Crippen molar-refractivity contribution in [3.05, 3.63) is 28.7 Å². The minimum Gasteiger partial charge on any atom is -0.366 e. The van der Waals surface area contributed by atoms with Crippen molar-refractivity contribution in [1.29, 1.82) is 0 Å². The summed E-state index contributed by atoms with van der Waals surface area (Å²) in [5, 5.41) is 5.58. The summed E-state index contributed by atoms with van der Waals surface area (Å²) in [6, 6.07) is 6.54. The summed E-state index contributed by atoms with van der Waals surface area (Å²) in [4.78, 5) is 41.9. The molecule has 0 aliphatic carbocycles. The summed E-state index contributed by atoms with van der Waals surface area (Å²) in [6.07, 6.45) is 2.96. The van der Waals surface area contributed by atoms with E-state index in [2.05, 4.69) is 32.6 Å². The van der Waals surface area contributed by atoms with Crippen LogP contribution in [-0.4, -0.2) is 71.2 Å². The molecule has 5 rings (SSSR count). The van der Waals surface area contributed by atoms with Crippen LogP contribution >= 0.6 is 0 Å². The van der Waals surface area contributed by atoms with E-state index in [4.69, 9.17) is 0 Å². The first kappa shape index (κ1) is 20.3. The van der Waals surface area contributed by atoms with Gasteiger partial charge in [0.05, 0.1) is 11.0 Å². The number of aromatic nitrogens is 2. The largest absolute Gasteiger partial charge is 0.366 e. The number of benzene rings is 1. The molecule has 2 amide bonds. The van der Waals surface area contributed by atoms with E-state index in [1.54, 1.807) is 16.2 Å². The van der Waals surface area contributed by atoms with Crippen molar-refractivity contribution in [2.24, 2.45) is 7.05 Å². The molecule has 9 nitrogen and oxygen atoms in total. The second-order valence-electron chi connectivity index (χ2n) is 9.00. The van der Waals surface area contributed by atoms with Crippen LogP contribution in [0.2, 0.25) is 0 Å². The summed E-state index contributed by atoms with van der Waals surface area (Å²) in [5.74, 6) is -0.675. The van der Waals surface area contributed by atoms with Gasteiger partial charge in [-0.25, -0.2) is 4.79 Å². The third-order valence-corrected chi connectivity index (χ3v) is 7.15. The molecule has 1 aromatic heterocycles. The summed E-state index contributed by atoms with van der Waals surface area (Å²) >= 11 is 0. The summed E-state index contributed by atoms with van der Waals surface area (Å²) < 4.78 is 3.15. The number of piperazine rings is 1. The first-order valence-electron chi connectivity index (χ1n) is 11.2. The predicted molar refractivity (Wildman–Crippen MR) is 118 cm³/mol. The lowest BCUT2D eigenvalue weighted by molar-refractivity contribution is -0.135. The summed E-state index contributed by atoms with van der Waals surface area (Å²) in [5.41, 5.74) is 2.47. The average molecular weight is 427 g/mol. The van der Waals surface area contributed by atoms with E-state index in [9.17, 15) is 14.4 Å². The third-order valence-electron chi connectivity index (χ3n) is 7.15. The Balaban J connectivity index is 1.40. The Bertz CT molecular complexity index is 1090. The molecular weight excluding hydrogens is 396 g/mol. The molecule has 2 bridgehead atoms. The Kier molecular flexibility index (Phi) is 5.10. The number of rotatable bonds is 6. The molecule has 1 aromatic carbocycles. The number of hydrogen-bond donors (Lipinski definition) is 2. The maximum Gasteiger partial charge on any atom is 0.329 e. The maximum atomic E-state index is 13.0. The van der Waals surface area contributed by atoms with Crippen molar-refractivity contribution >= 4 is 28.5 Å². The zero-order valence-electron chi connectivity index (χ0n) is 18.1. The van der Waals surface area contributed by atoms with E-state index in [0.29, 0.717) is 18.5 Å². The molecule has 2 N–H and O–H groups in total. The van der Waals surface area contributed by atoms with E-state index < -0.39 is 11.9 Å². The van der Waals surface area contributed by atoms with Gasteiger partial charge in [0.15, 0.2) is 0 Å². The van der Waals surface area contributed by atoms with E-state index in [1.165, 1.54) is 12.8 Å². The highest BCUT2D eigenvalue weighted by Crippen LogP contribution is 2.36. The van der Waals surface area contributed by atoms with Crippen LogP contribution in [0.4, 0.5) is 5.69 Å². The summed E-state index contributed by atoms with van der Waals surface area (Å²) in [7, 11) is 3.74. The zero-order valence-corrected chi connectivity index (χ0v) is 18.1. The minimum atomic E-state index is -0.645. The summed E-state index contributed by atoms with van der Waals surface area (Å²) in [6.45, 7) is 4.28.